The summed E-state index contributed by atoms with van der Waals surface area (Å²) in [6.07, 6.45) is 3.43. The summed E-state index contributed by atoms with van der Waals surface area (Å²) in [5.74, 6) is -0.342. The molecule has 1 aromatic carbocycles. The molecule has 17 heavy (non-hydrogen) atoms. The fourth-order valence-corrected chi connectivity index (χ4v) is 1.62. The van der Waals surface area contributed by atoms with Crippen LogP contribution in [0, 0.1) is 5.82 Å². The molecule has 88 valence electrons. The van der Waals surface area contributed by atoms with Crippen molar-refractivity contribution in [3.05, 3.63) is 54.1 Å². The molecule has 1 aromatic heterocycles. The van der Waals surface area contributed by atoms with Gasteiger partial charge in [-0.05, 0) is 42.8 Å². The first kappa shape index (κ1) is 11.4. The number of nitrogens with two attached hydrogens (primary N) is 1. The van der Waals surface area contributed by atoms with Crippen LogP contribution in [0.5, 0.6) is 0 Å². The zero-order chi connectivity index (χ0) is 12.3. The Morgan fingerprint density at radius 3 is 2.59 bits per heavy atom. The topological polar surface area (TPSA) is 50.9 Å². The van der Waals surface area contributed by atoms with Crippen molar-refractivity contribution in [2.24, 2.45) is 0 Å². The molecule has 0 saturated carbocycles. The molecule has 0 amide bonds. The number of hydrogen-bond acceptors (Lipinski definition) is 3. The third kappa shape index (κ3) is 2.72. The van der Waals surface area contributed by atoms with Crippen LogP contribution in [0.3, 0.4) is 0 Å². The van der Waals surface area contributed by atoms with Crippen LogP contribution in [0.25, 0.3) is 0 Å². The molecule has 2 rings (SSSR count). The van der Waals surface area contributed by atoms with Crippen molar-refractivity contribution < 1.29 is 4.39 Å². The first-order chi connectivity index (χ1) is 8.16. The van der Waals surface area contributed by atoms with Gasteiger partial charge in [0.15, 0.2) is 0 Å². The summed E-state index contributed by atoms with van der Waals surface area (Å²) in [7, 11) is 0. The average molecular weight is 231 g/mol. The van der Waals surface area contributed by atoms with E-state index in [1.165, 1.54) is 6.07 Å². The summed E-state index contributed by atoms with van der Waals surface area (Å²) in [5, 5.41) is 3.10. The Hall–Kier alpha value is -2.10. The zero-order valence-corrected chi connectivity index (χ0v) is 9.52. The van der Waals surface area contributed by atoms with Crippen molar-refractivity contribution in [3.8, 4) is 0 Å². The lowest BCUT2D eigenvalue weighted by Crippen LogP contribution is -2.08. The largest absolute Gasteiger partial charge is 0.399 e. The van der Waals surface area contributed by atoms with Crippen LogP contribution >= 0.6 is 0 Å². The molecule has 3 nitrogen and oxygen atoms in total. The van der Waals surface area contributed by atoms with Gasteiger partial charge in [-0.15, -0.1) is 0 Å². The Labute approximate surface area is 99.5 Å². The van der Waals surface area contributed by atoms with Gasteiger partial charge in [0.05, 0.1) is 5.69 Å². The molecule has 1 unspecified atom stereocenters. The Kier molecular flexibility index (Phi) is 3.23. The summed E-state index contributed by atoms with van der Waals surface area (Å²) in [4.78, 5) is 3.95. The molecule has 0 aliphatic heterocycles. The number of hydrogen-bond donors (Lipinski definition) is 2. The highest BCUT2D eigenvalue weighted by Gasteiger charge is 2.08. The lowest BCUT2D eigenvalue weighted by Gasteiger charge is -2.16. The van der Waals surface area contributed by atoms with Gasteiger partial charge in [0.25, 0.3) is 0 Å². The Morgan fingerprint density at radius 2 is 1.94 bits per heavy atom. The molecular formula is C13H14FN3. The highest BCUT2D eigenvalue weighted by Crippen LogP contribution is 2.22. The zero-order valence-electron chi connectivity index (χ0n) is 9.52. The summed E-state index contributed by atoms with van der Waals surface area (Å²) in [6, 6.07) is 8.42. The molecule has 4 heteroatoms. The molecule has 0 saturated heterocycles. The van der Waals surface area contributed by atoms with Crippen molar-refractivity contribution >= 4 is 11.4 Å². The lowest BCUT2D eigenvalue weighted by molar-refractivity contribution is 0.628. The van der Waals surface area contributed by atoms with E-state index < -0.39 is 0 Å². The highest BCUT2D eigenvalue weighted by molar-refractivity contribution is 5.53. The molecule has 0 aliphatic carbocycles. The first-order valence-corrected chi connectivity index (χ1v) is 5.38. The highest BCUT2D eigenvalue weighted by atomic mass is 19.1. The maximum Gasteiger partial charge on any atom is 0.148 e. The van der Waals surface area contributed by atoms with E-state index >= 15 is 0 Å². The van der Waals surface area contributed by atoms with E-state index in [4.69, 9.17) is 5.73 Å². The molecule has 1 atom stereocenters. The normalized spacial score (nSPS) is 12.1. The molecule has 0 bridgehead atoms. The van der Waals surface area contributed by atoms with E-state index in [0.29, 0.717) is 11.4 Å². The molecule has 0 radical (unpaired) electrons. The van der Waals surface area contributed by atoms with Crippen LogP contribution in [0.2, 0.25) is 0 Å². The third-order valence-electron chi connectivity index (χ3n) is 2.57. The number of pyridine rings is 1. The SMILES string of the molecule is CC(Nc1ccc(N)cc1F)c1ccncc1. The van der Waals surface area contributed by atoms with Crippen molar-refractivity contribution in [1.29, 1.82) is 0 Å². The monoisotopic (exact) mass is 231 g/mol. The van der Waals surface area contributed by atoms with E-state index in [1.54, 1.807) is 24.5 Å². The minimum Gasteiger partial charge on any atom is -0.399 e. The Balaban J connectivity index is 2.16. The number of nitrogen functional groups attached to an aromatic ring is 1. The number of anilines is 2. The predicted molar refractivity (Wildman–Crippen MR) is 67.1 cm³/mol. The van der Waals surface area contributed by atoms with Gasteiger partial charge in [0, 0.05) is 24.1 Å². The van der Waals surface area contributed by atoms with Gasteiger partial charge in [-0.2, -0.15) is 0 Å². The van der Waals surface area contributed by atoms with Gasteiger partial charge in [-0.3, -0.25) is 4.98 Å². The maximum absolute atomic E-state index is 13.6. The lowest BCUT2D eigenvalue weighted by atomic mass is 10.1. The van der Waals surface area contributed by atoms with E-state index in [0.717, 1.165) is 5.56 Å². The van der Waals surface area contributed by atoms with Gasteiger partial charge in [0.1, 0.15) is 5.82 Å². The molecular weight excluding hydrogens is 217 g/mol. The van der Waals surface area contributed by atoms with E-state index in [9.17, 15) is 4.39 Å². The number of aromatic nitrogens is 1. The fraction of sp³-hybridized carbons (Fsp3) is 0.154. The molecule has 0 aliphatic rings. The van der Waals surface area contributed by atoms with E-state index in [1.807, 2.05) is 19.1 Å². The average Bonchev–Trinajstić information content (AvgIpc) is 2.34. The summed E-state index contributed by atoms with van der Waals surface area (Å²) in [5.41, 5.74) is 7.41. The second kappa shape index (κ2) is 4.82. The van der Waals surface area contributed by atoms with Crippen molar-refractivity contribution in [2.45, 2.75) is 13.0 Å². The second-order valence-electron chi connectivity index (χ2n) is 3.89. The van der Waals surface area contributed by atoms with Gasteiger partial charge >= 0.3 is 0 Å². The number of halogens is 1. The number of rotatable bonds is 3. The Morgan fingerprint density at radius 1 is 1.24 bits per heavy atom. The van der Waals surface area contributed by atoms with Gasteiger partial charge in [-0.1, -0.05) is 0 Å². The molecule has 0 spiro atoms. The molecule has 1 heterocycles. The van der Waals surface area contributed by atoms with E-state index in [-0.39, 0.29) is 11.9 Å². The minimum absolute atomic E-state index is 0.0103. The van der Waals surface area contributed by atoms with Crippen LogP contribution in [0.15, 0.2) is 42.7 Å². The second-order valence-corrected chi connectivity index (χ2v) is 3.89. The molecule has 3 N–H and O–H groups in total. The number of nitrogens with zero attached hydrogens (tertiary/aromatic N) is 1. The van der Waals surface area contributed by atoms with Crippen LogP contribution in [-0.4, -0.2) is 4.98 Å². The predicted octanol–water partition coefficient (Wildman–Crippen LogP) is 2.98. The van der Waals surface area contributed by atoms with Crippen molar-refractivity contribution in [1.82, 2.24) is 4.98 Å². The van der Waals surface area contributed by atoms with Gasteiger partial charge in [0.2, 0.25) is 0 Å². The Bertz CT molecular complexity index is 499. The number of nitrogens with one attached hydrogen (secondary N) is 1. The summed E-state index contributed by atoms with van der Waals surface area (Å²) in [6.45, 7) is 1.96. The van der Waals surface area contributed by atoms with Crippen molar-refractivity contribution in [3.63, 3.8) is 0 Å². The molecule has 0 fully saturated rings. The summed E-state index contributed by atoms with van der Waals surface area (Å²) >= 11 is 0. The van der Waals surface area contributed by atoms with Crippen LogP contribution in [0.4, 0.5) is 15.8 Å². The van der Waals surface area contributed by atoms with Crippen LogP contribution in [-0.2, 0) is 0 Å². The maximum atomic E-state index is 13.6. The van der Waals surface area contributed by atoms with Crippen LogP contribution in [0.1, 0.15) is 18.5 Å². The quantitative estimate of drug-likeness (QED) is 0.798. The minimum atomic E-state index is -0.342. The van der Waals surface area contributed by atoms with Gasteiger partial charge in [-0.25, -0.2) is 4.39 Å². The molecule has 2 aromatic rings. The van der Waals surface area contributed by atoms with Crippen molar-refractivity contribution in [2.75, 3.05) is 11.1 Å². The van der Waals surface area contributed by atoms with E-state index in [2.05, 4.69) is 10.3 Å². The number of benzene rings is 1. The third-order valence-corrected chi connectivity index (χ3v) is 2.57. The summed E-state index contributed by atoms with van der Waals surface area (Å²) < 4.78 is 13.6. The fourth-order valence-electron chi connectivity index (χ4n) is 1.62. The van der Waals surface area contributed by atoms with Crippen LogP contribution < -0.4 is 11.1 Å². The standard InChI is InChI=1S/C13H14FN3/c1-9(10-4-6-16-7-5-10)17-13-3-2-11(15)8-12(13)14/h2-9,17H,15H2,1H3. The van der Waals surface area contributed by atoms with Gasteiger partial charge < -0.3 is 11.1 Å². The first-order valence-electron chi connectivity index (χ1n) is 5.38. The smallest absolute Gasteiger partial charge is 0.148 e.